The van der Waals surface area contributed by atoms with E-state index in [2.05, 4.69) is 55.6 Å². The van der Waals surface area contributed by atoms with Gasteiger partial charge in [0.1, 0.15) is 0 Å². The largest absolute Gasteiger partial charge is 0.466 e. The molecule has 508 valence electrons. The van der Waals surface area contributed by atoms with Crippen molar-refractivity contribution in [1.29, 1.82) is 0 Å². The van der Waals surface area contributed by atoms with Crippen molar-refractivity contribution in [3.63, 3.8) is 0 Å². The molecule has 0 aromatic heterocycles. The maximum Gasteiger partial charge on any atom is 0.305 e. The van der Waals surface area contributed by atoms with E-state index in [4.69, 9.17) is 4.74 Å². The number of carbonyl (C=O) groups excluding carboxylic acids is 2. The Balaban J connectivity index is 3.34. The highest BCUT2D eigenvalue weighted by molar-refractivity contribution is 5.76. The first kappa shape index (κ1) is 84.1. The van der Waals surface area contributed by atoms with Gasteiger partial charge in [-0.25, -0.2) is 0 Å². The Hall–Kier alpha value is -1.92. The highest BCUT2D eigenvalue weighted by Crippen LogP contribution is 2.19. The number of hydrogen-bond acceptors (Lipinski definition) is 5. The summed E-state index contributed by atoms with van der Waals surface area (Å²) in [4.78, 5) is 24.6. The molecule has 6 nitrogen and oxygen atoms in total. The molecule has 0 radical (unpaired) electrons. The summed E-state index contributed by atoms with van der Waals surface area (Å²) in [6.45, 7) is 4.98. The summed E-state index contributed by atoms with van der Waals surface area (Å²) in [5.41, 5.74) is 0. The summed E-state index contributed by atoms with van der Waals surface area (Å²) in [7, 11) is 0. The van der Waals surface area contributed by atoms with Gasteiger partial charge in [-0.2, -0.15) is 0 Å². The first-order valence-corrected chi connectivity index (χ1v) is 39.2. The Morgan fingerprint density at radius 1 is 0.326 bits per heavy atom. The predicted molar refractivity (Wildman–Crippen MR) is 379 cm³/mol. The zero-order chi connectivity index (χ0) is 62.0. The van der Waals surface area contributed by atoms with Crippen LogP contribution in [0.5, 0.6) is 0 Å². The molecule has 0 aliphatic rings. The van der Waals surface area contributed by atoms with Gasteiger partial charge >= 0.3 is 5.97 Å². The second-order valence-electron chi connectivity index (χ2n) is 27.0. The van der Waals surface area contributed by atoms with E-state index >= 15 is 0 Å². The first-order valence-electron chi connectivity index (χ1n) is 39.2. The molecule has 0 saturated heterocycles. The number of ether oxygens (including phenoxy) is 1. The van der Waals surface area contributed by atoms with Crippen LogP contribution in [0.15, 0.2) is 36.5 Å². The van der Waals surface area contributed by atoms with Gasteiger partial charge in [0.25, 0.3) is 0 Å². The zero-order valence-corrected chi connectivity index (χ0v) is 58.3. The van der Waals surface area contributed by atoms with E-state index in [-0.39, 0.29) is 18.5 Å². The highest BCUT2D eigenvalue weighted by Gasteiger charge is 2.20. The molecule has 3 N–H and O–H groups in total. The monoisotopic (exact) mass is 1210 g/mol. The number of carbonyl (C=O) groups is 2. The molecule has 0 fully saturated rings. The van der Waals surface area contributed by atoms with Crippen molar-refractivity contribution in [3.8, 4) is 0 Å². The lowest BCUT2D eigenvalue weighted by Gasteiger charge is -2.22. The molecule has 0 aromatic carbocycles. The molecule has 0 rings (SSSR count). The van der Waals surface area contributed by atoms with Crippen LogP contribution in [0.25, 0.3) is 0 Å². The van der Waals surface area contributed by atoms with E-state index in [1.807, 2.05) is 0 Å². The molecule has 2 unspecified atom stereocenters. The van der Waals surface area contributed by atoms with Gasteiger partial charge in [-0.05, 0) is 83.5 Å². The van der Waals surface area contributed by atoms with Crippen molar-refractivity contribution in [2.75, 3.05) is 13.2 Å². The fraction of sp³-hybridized carbons (Fsp3) is 0.900. The molecule has 0 saturated carbocycles. The van der Waals surface area contributed by atoms with Gasteiger partial charge in [0.2, 0.25) is 5.91 Å². The van der Waals surface area contributed by atoms with Crippen molar-refractivity contribution >= 4 is 11.9 Å². The number of allylic oxidation sites excluding steroid dienone is 6. The van der Waals surface area contributed by atoms with Crippen molar-refractivity contribution < 1.29 is 24.5 Å². The SMILES string of the molecule is CCCCCCCC/C=C\CCCCCCCCCCCC(=O)OCCCCCCCCCCCCCCC/C=C\C/C=C\CCCCCCCCCCCCCCCCCCCC(=O)NC(CO)C(O)CCCCCCCCCCCCCCC. The van der Waals surface area contributed by atoms with E-state index in [0.29, 0.717) is 25.9 Å². The number of hydrogen-bond donors (Lipinski definition) is 3. The summed E-state index contributed by atoms with van der Waals surface area (Å²) in [5.74, 6) is -0.0110. The number of unbranched alkanes of at least 4 members (excludes halogenated alkanes) is 57. The molecule has 2 atom stereocenters. The summed E-state index contributed by atoms with van der Waals surface area (Å²) >= 11 is 0. The molecule has 0 aromatic rings. The Bertz CT molecular complexity index is 1390. The summed E-state index contributed by atoms with van der Waals surface area (Å²) in [6.07, 6.45) is 98.1. The van der Waals surface area contributed by atoms with Gasteiger partial charge in [-0.15, -0.1) is 0 Å². The molecule has 0 heterocycles. The molecule has 0 bridgehead atoms. The lowest BCUT2D eigenvalue weighted by molar-refractivity contribution is -0.143. The van der Waals surface area contributed by atoms with Crippen molar-refractivity contribution in [3.05, 3.63) is 36.5 Å². The second-order valence-corrected chi connectivity index (χ2v) is 27.0. The number of aliphatic hydroxyl groups is 2. The summed E-state index contributed by atoms with van der Waals surface area (Å²) in [5, 5.41) is 23.3. The van der Waals surface area contributed by atoms with Crippen molar-refractivity contribution in [2.45, 2.75) is 450 Å². The molecule has 6 heteroatoms. The van der Waals surface area contributed by atoms with Crippen LogP contribution in [-0.2, 0) is 14.3 Å². The minimum atomic E-state index is -0.662. The van der Waals surface area contributed by atoms with E-state index in [9.17, 15) is 19.8 Å². The number of aliphatic hydroxyl groups excluding tert-OH is 2. The third-order valence-electron chi connectivity index (χ3n) is 18.4. The fourth-order valence-electron chi connectivity index (χ4n) is 12.4. The molecule has 1 amide bonds. The van der Waals surface area contributed by atoms with E-state index in [0.717, 1.165) is 44.9 Å². The first-order chi connectivity index (χ1) is 42.5. The van der Waals surface area contributed by atoms with Crippen LogP contribution in [-0.4, -0.2) is 47.4 Å². The third kappa shape index (κ3) is 71.2. The minimum Gasteiger partial charge on any atom is -0.466 e. The van der Waals surface area contributed by atoms with E-state index in [1.54, 1.807) is 0 Å². The smallest absolute Gasteiger partial charge is 0.305 e. The number of esters is 1. The average Bonchev–Trinajstić information content (AvgIpc) is 3.54. The van der Waals surface area contributed by atoms with Crippen LogP contribution in [0, 0.1) is 0 Å². The van der Waals surface area contributed by atoms with Crippen LogP contribution in [0.3, 0.4) is 0 Å². The van der Waals surface area contributed by atoms with Gasteiger partial charge in [-0.3, -0.25) is 9.59 Å². The Morgan fingerprint density at radius 2 is 0.581 bits per heavy atom. The van der Waals surface area contributed by atoms with Crippen LogP contribution < -0.4 is 5.32 Å². The molecule has 0 aliphatic carbocycles. The minimum absolute atomic E-state index is 0.0190. The standard InChI is InChI=1S/C80H153NO5/c1-3-5-7-9-11-13-15-17-18-19-39-43-46-50-54-58-62-66-70-74-80(85)86-75-71-67-63-59-55-51-47-44-41-38-36-34-32-30-28-26-24-22-20-21-23-25-27-29-31-33-35-37-40-42-45-49-53-57-61-65-69-73-79(84)81-77(76-82)78(83)72-68-64-60-56-52-48-16-14-12-10-8-6-4-2/h17-18,20,22,26,28,77-78,82-83H,3-16,19,21,23-25,27,29-76H2,1-2H3,(H,81,84)/b18-17-,22-20-,28-26-. The van der Waals surface area contributed by atoms with E-state index < -0.39 is 12.1 Å². The molecular weight excluding hydrogens is 1050 g/mol. The van der Waals surface area contributed by atoms with Gasteiger partial charge in [0.05, 0.1) is 25.4 Å². The normalized spacial score (nSPS) is 12.7. The Morgan fingerprint density at radius 3 is 0.895 bits per heavy atom. The van der Waals surface area contributed by atoms with Crippen LogP contribution in [0.4, 0.5) is 0 Å². The van der Waals surface area contributed by atoms with Crippen LogP contribution in [0.1, 0.15) is 438 Å². The molecule has 86 heavy (non-hydrogen) atoms. The van der Waals surface area contributed by atoms with Crippen molar-refractivity contribution in [1.82, 2.24) is 5.32 Å². The molecule has 0 aliphatic heterocycles. The number of rotatable bonds is 74. The van der Waals surface area contributed by atoms with Gasteiger partial charge < -0.3 is 20.3 Å². The van der Waals surface area contributed by atoms with Crippen LogP contribution in [0.2, 0.25) is 0 Å². The lowest BCUT2D eigenvalue weighted by atomic mass is 10.0. The second kappa shape index (κ2) is 75.5. The summed E-state index contributed by atoms with van der Waals surface area (Å²) < 4.78 is 5.52. The van der Waals surface area contributed by atoms with Gasteiger partial charge in [-0.1, -0.05) is 378 Å². The quantitative estimate of drug-likeness (QED) is 0.0320. The molecule has 0 spiro atoms. The number of nitrogens with one attached hydrogen (secondary N) is 1. The zero-order valence-electron chi connectivity index (χ0n) is 58.3. The topological polar surface area (TPSA) is 95.9 Å². The van der Waals surface area contributed by atoms with Gasteiger partial charge in [0.15, 0.2) is 0 Å². The van der Waals surface area contributed by atoms with E-state index in [1.165, 1.54) is 360 Å². The maximum absolute atomic E-state index is 12.5. The fourth-order valence-corrected chi connectivity index (χ4v) is 12.4. The maximum atomic E-state index is 12.5. The van der Waals surface area contributed by atoms with Crippen LogP contribution >= 0.6 is 0 Å². The van der Waals surface area contributed by atoms with Crippen molar-refractivity contribution in [2.24, 2.45) is 0 Å². The third-order valence-corrected chi connectivity index (χ3v) is 18.4. The Labute approximate surface area is 538 Å². The predicted octanol–water partition coefficient (Wildman–Crippen LogP) is 25.8. The molecular formula is C80H153NO5. The number of amides is 1. The lowest BCUT2D eigenvalue weighted by Crippen LogP contribution is -2.45. The average molecular weight is 1210 g/mol. The summed E-state index contributed by atoms with van der Waals surface area (Å²) in [6, 6.07) is -0.539. The highest BCUT2D eigenvalue weighted by atomic mass is 16.5. The Kier molecular flexibility index (Phi) is 73.9. The van der Waals surface area contributed by atoms with Gasteiger partial charge in [0, 0.05) is 12.8 Å².